The highest BCUT2D eigenvalue weighted by atomic mass is 79.9. The third-order valence-electron chi connectivity index (χ3n) is 7.79. The lowest BCUT2D eigenvalue weighted by Crippen LogP contribution is -2.30. The van der Waals surface area contributed by atoms with Gasteiger partial charge < -0.3 is 20.7 Å². The van der Waals surface area contributed by atoms with Crippen molar-refractivity contribution >= 4 is 62.9 Å². The number of halogens is 1. The van der Waals surface area contributed by atoms with Crippen molar-refractivity contribution in [3.63, 3.8) is 0 Å². The fraction of sp³-hybridized carbons (Fsp3) is 0.0465. The summed E-state index contributed by atoms with van der Waals surface area (Å²) >= 11 is 4.83. The number of rotatable bonds is 13. The molecule has 0 saturated heterocycles. The van der Waals surface area contributed by atoms with Crippen molar-refractivity contribution in [2.45, 2.75) is 16.8 Å². The van der Waals surface area contributed by atoms with Crippen molar-refractivity contribution in [1.29, 1.82) is 0 Å². The van der Waals surface area contributed by atoms with Gasteiger partial charge in [-0.05, 0) is 95.6 Å². The molecule has 0 aromatic heterocycles. The minimum atomic E-state index is -0.525. The van der Waals surface area contributed by atoms with Crippen LogP contribution in [0.4, 0.5) is 11.4 Å². The normalized spacial score (nSPS) is 11.6. The zero-order valence-electron chi connectivity index (χ0n) is 27.9. The van der Waals surface area contributed by atoms with Crippen LogP contribution in [0.3, 0.4) is 0 Å². The molecule has 6 aromatic carbocycles. The average molecular weight is 769 g/mol. The molecular formula is C43H34BrN3O4S. The molecule has 52 heavy (non-hydrogen) atoms. The highest BCUT2D eigenvalue weighted by Gasteiger charge is 2.22. The molecule has 6 aromatic rings. The Balaban J connectivity index is 1.16. The highest BCUT2D eigenvalue weighted by Crippen LogP contribution is 2.37. The van der Waals surface area contributed by atoms with E-state index in [0.29, 0.717) is 34.9 Å². The smallest absolute Gasteiger partial charge is 0.272 e. The molecule has 0 fully saturated rings. The van der Waals surface area contributed by atoms with E-state index in [-0.39, 0.29) is 11.6 Å². The van der Waals surface area contributed by atoms with Gasteiger partial charge in [-0.2, -0.15) is 0 Å². The maximum absolute atomic E-state index is 13.7. The van der Waals surface area contributed by atoms with Crippen LogP contribution in [0.5, 0.6) is 5.75 Å². The quantitative estimate of drug-likeness (QED) is 0.0804. The Kier molecular flexibility index (Phi) is 12.3. The number of hydrogen-bond acceptors (Lipinski definition) is 5. The first kappa shape index (κ1) is 35.9. The maximum Gasteiger partial charge on any atom is 0.272 e. The van der Waals surface area contributed by atoms with E-state index in [2.05, 4.69) is 31.9 Å². The third-order valence-corrected chi connectivity index (χ3v) is 9.58. The van der Waals surface area contributed by atoms with Crippen molar-refractivity contribution < 1.29 is 19.1 Å². The second-order valence-electron chi connectivity index (χ2n) is 11.6. The van der Waals surface area contributed by atoms with Crippen molar-refractivity contribution in [3.8, 4) is 5.75 Å². The summed E-state index contributed by atoms with van der Waals surface area (Å²) < 4.78 is 6.83. The van der Waals surface area contributed by atoms with Crippen LogP contribution in [0.1, 0.15) is 32.3 Å². The van der Waals surface area contributed by atoms with Crippen LogP contribution in [0.2, 0.25) is 0 Å². The van der Waals surface area contributed by atoms with E-state index in [1.165, 1.54) is 11.8 Å². The van der Waals surface area contributed by atoms with Gasteiger partial charge in [-0.3, -0.25) is 14.4 Å². The summed E-state index contributed by atoms with van der Waals surface area (Å²) in [6.07, 6.45) is 1.62. The predicted molar refractivity (Wildman–Crippen MR) is 212 cm³/mol. The Morgan fingerprint density at radius 2 is 1.23 bits per heavy atom. The topological polar surface area (TPSA) is 96.5 Å². The summed E-state index contributed by atoms with van der Waals surface area (Å²) in [6, 6.07) is 50.1. The van der Waals surface area contributed by atoms with Crippen molar-refractivity contribution in [2.75, 3.05) is 10.6 Å². The Hall–Kier alpha value is -5.90. The van der Waals surface area contributed by atoms with E-state index >= 15 is 0 Å². The first-order valence-corrected chi connectivity index (χ1v) is 18.1. The summed E-state index contributed by atoms with van der Waals surface area (Å²) in [4.78, 5) is 41.1. The van der Waals surface area contributed by atoms with Crippen LogP contribution in [0, 0.1) is 0 Å². The van der Waals surface area contributed by atoms with Gasteiger partial charge in [-0.15, -0.1) is 11.8 Å². The Morgan fingerprint density at radius 1 is 0.654 bits per heavy atom. The molecule has 0 aliphatic carbocycles. The zero-order chi connectivity index (χ0) is 36.1. The SMILES string of the molecule is O=C(Nc1ccc(SC(C(=O)Nc2ccc(Br)cc2)c2ccccc2)cc1)/C(=C/c1ccc(OCc2ccccc2)cc1)NC(=O)c1ccccc1. The van der Waals surface area contributed by atoms with Crippen LogP contribution in [0.15, 0.2) is 179 Å². The molecule has 7 nitrogen and oxygen atoms in total. The summed E-state index contributed by atoms with van der Waals surface area (Å²) in [7, 11) is 0. The van der Waals surface area contributed by atoms with Gasteiger partial charge in [0.05, 0.1) is 0 Å². The highest BCUT2D eigenvalue weighted by molar-refractivity contribution is 9.10. The summed E-state index contributed by atoms with van der Waals surface area (Å²) in [5, 5.41) is 8.17. The van der Waals surface area contributed by atoms with Crippen LogP contribution >= 0.6 is 27.7 Å². The van der Waals surface area contributed by atoms with Crippen LogP contribution < -0.4 is 20.7 Å². The second-order valence-corrected chi connectivity index (χ2v) is 13.7. The van der Waals surface area contributed by atoms with E-state index in [9.17, 15) is 14.4 Å². The van der Waals surface area contributed by atoms with Gasteiger partial charge in [-0.1, -0.05) is 107 Å². The molecule has 3 amide bonds. The first-order chi connectivity index (χ1) is 25.4. The molecule has 3 N–H and O–H groups in total. The van der Waals surface area contributed by atoms with E-state index in [1.807, 2.05) is 127 Å². The molecule has 0 heterocycles. The van der Waals surface area contributed by atoms with Crippen LogP contribution in [-0.4, -0.2) is 17.7 Å². The lowest BCUT2D eigenvalue weighted by atomic mass is 10.1. The van der Waals surface area contributed by atoms with Crippen molar-refractivity contribution in [2.24, 2.45) is 0 Å². The largest absolute Gasteiger partial charge is 0.489 e. The number of thioether (sulfide) groups is 1. The molecule has 0 aliphatic rings. The fourth-order valence-corrected chi connectivity index (χ4v) is 6.39. The Labute approximate surface area is 315 Å². The summed E-state index contributed by atoms with van der Waals surface area (Å²) in [6.45, 7) is 0.431. The Morgan fingerprint density at radius 3 is 1.88 bits per heavy atom. The lowest BCUT2D eigenvalue weighted by Gasteiger charge is -2.17. The molecule has 6 rings (SSSR count). The summed E-state index contributed by atoms with van der Waals surface area (Å²) in [5.74, 6) is -0.385. The molecule has 0 radical (unpaired) electrons. The van der Waals surface area contributed by atoms with Crippen LogP contribution in [-0.2, 0) is 16.2 Å². The molecule has 9 heteroatoms. The monoisotopic (exact) mass is 767 g/mol. The van der Waals surface area contributed by atoms with E-state index in [0.717, 1.165) is 20.5 Å². The number of carbonyl (C=O) groups is 3. The minimum Gasteiger partial charge on any atom is -0.489 e. The molecule has 1 atom stereocenters. The van der Waals surface area contributed by atoms with Gasteiger partial charge in [0.25, 0.3) is 11.8 Å². The summed E-state index contributed by atoms with van der Waals surface area (Å²) in [5.41, 5.74) is 4.32. The van der Waals surface area contributed by atoms with Crippen molar-refractivity contribution in [1.82, 2.24) is 5.32 Å². The number of carbonyl (C=O) groups excluding carboxylic acids is 3. The molecule has 0 saturated carbocycles. The maximum atomic E-state index is 13.7. The molecular weight excluding hydrogens is 734 g/mol. The first-order valence-electron chi connectivity index (χ1n) is 16.4. The standard InChI is InChI=1S/C43H34BrN3O4S/c44-34-18-20-35(21-19-34)46-43(50)40(32-12-6-2-7-13-32)52-38-26-22-36(23-27-38)45-42(49)39(47-41(48)33-14-8-3-9-15-33)28-30-16-24-37(25-17-30)51-29-31-10-4-1-5-11-31/h1-28,40H,29H2,(H,45,49)(H,46,50)(H,47,48)/b39-28-. The number of hydrogen-bond donors (Lipinski definition) is 3. The number of nitrogens with one attached hydrogen (secondary N) is 3. The molecule has 0 spiro atoms. The number of benzene rings is 6. The van der Waals surface area contributed by atoms with Gasteiger partial charge in [0.15, 0.2) is 0 Å². The van der Waals surface area contributed by atoms with Gasteiger partial charge in [0, 0.05) is 26.3 Å². The molecule has 258 valence electrons. The lowest BCUT2D eigenvalue weighted by molar-refractivity contribution is -0.116. The second kappa shape index (κ2) is 17.8. The number of ether oxygens (including phenoxy) is 1. The van der Waals surface area contributed by atoms with Crippen LogP contribution in [0.25, 0.3) is 6.08 Å². The number of anilines is 2. The van der Waals surface area contributed by atoms with Gasteiger partial charge in [0.2, 0.25) is 5.91 Å². The van der Waals surface area contributed by atoms with Gasteiger partial charge >= 0.3 is 0 Å². The minimum absolute atomic E-state index is 0.0685. The molecule has 0 bridgehead atoms. The molecule has 1 unspecified atom stereocenters. The van der Waals surface area contributed by atoms with E-state index < -0.39 is 17.1 Å². The van der Waals surface area contributed by atoms with E-state index in [4.69, 9.17) is 4.74 Å². The zero-order valence-corrected chi connectivity index (χ0v) is 30.3. The molecule has 0 aliphatic heterocycles. The third kappa shape index (κ3) is 10.3. The van der Waals surface area contributed by atoms with Gasteiger partial charge in [0.1, 0.15) is 23.3 Å². The van der Waals surface area contributed by atoms with Crippen molar-refractivity contribution in [3.05, 3.63) is 196 Å². The Bertz CT molecular complexity index is 2130. The predicted octanol–water partition coefficient (Wildman–Crippen LogP) is 9.91. The number of amides is 3. The average Bonchev–Trinajstić information content (AvgIpc) is 3.19. The van der Waals surface area contributed by atoms with Gasteiger partial charge in [-0.25, -0.2) is 0 Å². The fourth-order valence-electron chi connectivity index (χ4n) is 5.10. The van der Waals surface area contributed by atoms with E-state index in [1.54, 1.807) is 42.5 Å².